The number of ketones is 1. The molecule has 0 aliphatic carbocycles. The van der Waals surface area contributed by atoms with E-state index in [0.29, 0.717) is 16.9 Å². The number of benzene rings is 2. The Kier molecular flexibility index (Phi) is 6.06. The second-order valence-electron chi connectivity index (χ2n) is 6.68. The molecule has 0 aromatic heterocycles. The summed E-state index contributed by atoms with van der Waals surface area (Å²) in [6.45, 7) is 2.88. The van der Waals surface area contributed by atoms with Gasteiger partial charge in [0.25, 0.3) is 5.91 Å². The van der Waals surface area contributed by atoms with Gasteiger partial charge in [-0.15, -0.1) is 0 Å². The molecular formula is C21H22N2O5. The van der Waals surface area contributed by atoms with Crippen LogP contribution in [-0.4, -0.2) is 42.0 Å². The molecule has 28 heavy (non-hydrogen) atoms. The van der Waals surface area contributed by atoms with Crippen molar-refractivity contribution in [1.29, 1.82) is 0 Å². The largest absolute Gasteiger partial charge is 0.482 e. The fourth-order valence-corrected chi connectivity index (χ4v) is 3.07. The molecule has 0 bridgehead atoms. The quantitative estimate of drug-likeness (QED) is 0.631. The third-order valence-corrected chi connectivity index (χ3v) is 4.60. The van der Waals surface area contributed by atoms with Crippen LogP contribution in [0.2, 0.25) is 0 Å². The highest BCUT2D eigenvalue weighted by Gasteiger charge is 2.19. The first kappa shape index (κ1) is 19.6. The molecule has 0 saturated carbocycles. The molecule has 2 aromatic rings. The number of Topliss-reactive ketones (excluding diaryl/α,β-unsaturated/α-hetero) is 1. The van der Waals surface area contributed by atoms with Crippen molar-refractivity contribution in [2.24, 2.45) is 0 Å². The zero-order valence-corrected chi connectivity index (χ0v) is 15.5. The monoisotopic (exact) mass is 382 g/mol. The van der Waals surface area contributed by atoms with Crippen LogP contribution in [0.25, 0.3) is 0 Å². The first-order chi connectivity index (χ1) is 13.4. The van der Waals surface area contributed by atoms with E-state index in [0.717, 1.165) is 25.1 Å². The Balaban J connectivity index is 1.62. The van der Waals surface area contributed by atoms with Crippen molar-refractivity contribution in [3.8, 4) is 5.75 Å². The fourth-order valence-electron chi connectivity index (χ4n) is 3.07. The number of ether oxygens (including phenoxy) is 1. The number of aliphatic carboxylic acids is 1. The summed E-state index contributed by atoms with van der Waals surface area (Å²) < 4.78 is 5.05. The van der Waals surface area contributed by atoms with Gasteiger partial charge in [0.15, 0.2) is 12.4 Å². The van der Waals surface area contributed by atoms with Crippen LogP contribution in [0.4, 0.5) is 0 Å². The van der Waals surface area contributed by atoms with Crippen molar-refractivity contribution in [3.63, 3.8) is 0 Å². The molecule has 7 heteroatoms. The third-order valence-electron chi connectivity index (χ3n) is 4.60. The van der Waals surface area contributed by atoms with E-state index in [1.165, 1.54) is 17.7 Å². The topological polar surface area (TPSA) is 105 Å². The van der Waals surface area contributed by atoms with Crippen molar-refractivity contribution in [2.45, 2.75) is 25.9 Å². The molecular weight excluding hydrogens is 360 g/mol. The maximum atomic E-state index is 12.6. The molecule has 1 atom stereocenters. The van der Waals surface area contributed by atoms with E-state index < -0.39 is 18.6 Å². The molecule has 1 aliphatic heterocycles. The molecule has 7 nitrogen and oxygen atoms in total. The van der Waals surface area contributed by atoms with Gasteiger partial charge < -0.3 is 20.5 Å². The summed E-state index contributed by atoms with van der Waals surface area (Å²) >= 11 is 0. The van der Waals surface area contributed by atoms with Gasteiger partial charge >= 0.3 is 5.97 Å². The minimum absolute atomic E-state index is 0.236. The van der Waals surface area contributed by atoms with Crippen molar-refractivity contribution in [1.82, 2.24) is 10.6 Å². The average molecular weight is 382 g/mol. The van der Waals surface area contributed by atoms with Crippen molar-refractivity contribution >= 4 is 17.7 Å². The summed E-state index contributed by atoms with van der Waals surface area (Å²) in [5.41, 5.74) is 3.30. The molecule has 0 spiro atoms. The number of carboxylic acid groups (broad SMARTS) is 1. The SMILES string of the molecule is C[C@H](NC(=O)c1ccc2c(c1)CCNC2)C(=O)c1ccc(OCC(=O)O)cc1. The summed E-state index contributed by atoms with van der Waals surface area (Å²) in [7, 11) is 0. The summed E-state index contributed by atoms with van der Waals surface area (Å²) in [5.74, 6) is -1.24. The smallest absolute Gasteiger partial charge is 0.341 e. The molecule has 0 unspecified atom stereocenters. The Hall–Kier alpha value is -3.19. The Morgan fingerprint density at radius 3 is 2.54 bits per heavy atom. The summed E-state index contributed by atoms with van der Waals surface area (Å²) in [5, 5.41) is 14.6. The van der Waals surface area contributed by atoms with E-state index >= 15 is 0 Å². The van der Waals surface area contributed by atoms with Gasteiger partial charge in [-0.05, 0) is 67.4 Å². The lowest BCUT2D eigenvalue weighted by Crippen LogP contribution is -2.38. The Labute approximate surface area is 162 Å². The van der Waals surface area contributed by atoms with Gasteiger partial charge in [0.1, 0.15) is 5.75 Å². The van der Waals surface area contributed by atoms with Crippen LogP contribution in [0.1, 0.15) is 38.8 Å². The van der Waals surface area contributed by atoms with Gasteiger partial charge in [-0.2, -0.15) is 0 Å². The molecule has 3 N–H and O–H groups in total. The van der Waals surface area contributed by atoms with Gasteiger partial charge in [0, 0.05) is 17.7 Å². The van der Waals surface area contributed by atoms with Crippen LogP contribution < -0.4 is 15.4 Å². The van der Waals surface area contributed by atoms with E-state index in [9.17, 15) is 14.4 Å². The molecule has 2 aromatic carbocycles. The number of carbonyl (C=O) groups excluding carboxylic acids is 2. The second kappa shape index (κ2) is 8.67. The summed E-state index contributed by atoms with van der Waals surface area (Å²) in [4.78, 5) is 35.6. The predicted octanol–water partition coefficient (Wildman–Crippen LogP) is 1.80. The lowest BCUT2D eigenvalue weighted by atomic mass is 9.98. The highest BCUT2D eigenvalue weighted by Crippen LogP contribution is 2.17. The van der Waals surface area contributed by atoms with E-state index in [1.807, 2.05) is 12.1 Å². The number of fused-ring (bicyclic) bond motifs is 1. The number of hydrogen-bond donors (Lipinski definition) is 3. The first-order valence-corrected chi connectivity index (χ1v) is 9.06. The molecule has 3 rings (SSSR count). The second-order valence-corrected chi connectivity index (χ2v) is 6.68. The molecule has 0 fully saturated rings. The maximum Gasteiger partial charge on any atom is 0.341 e. The Morgan fingerprint density at radius 2 is 1.82 bits per heavy atom. The van der Waals surface area contributed by atoms with Crippen molar-refractivity contribution in [3.05, 3.63) is 64.7 Å². The average Bonchev–Trinajstić information content (AvgIpc) is 2.71. The fraction of sp³-hybridized carbons (Fsp3) is 0.286. The molecule has 1 aliphatic rings. The minimum atomic E-state index is -1.07. The Bertz CT molecular complexity index is 892. The zero-order valence-electron chi connectivity index (χ0n) is 15.5. The summed E-state index contributed by atoms with van der Waals surface area (Å²) in [6.07, 6.45) is 0.876. The van der Waals surface area contributed by atoms with Crippen molar-refractivity contribution in [2.75, 3.05) is 13.2 Å². The van der Waals surface area contributed by atoms with Crippen molar-refractivity contribution < 1.29 is 24.2 Å². The third kappa shape index (κ3) is 4.75. The zero-order chi connectivity index (χ0) is 20.1. The van der Waals surface area contributed by atoms with E-state index in [2.05, 4.69) is 10.6 Å². The van der Waals surface area contributed by atoms with Crippen LogP contribution >= 0.6 is 0 Å². The van der Waals surface area contributed by atoms with E-state index in [1.54, 1.807) is 25.1 Å². The van der Waals surface area contributed by atoms with Crippen LogP contribution in [0.5, 0.6) is 5.75 Å². The minimum Gasteiger partial charge on any atom is -0.482 e. The van der Waals surface area contributed by atoms with Gasteiger partial charge in [0.2, 0.25) is 0 Å². The first-order valence-electron chi connectivity index (χ1n) is 9.06. The maximum absolute atomic E-state index is 12.6. The number of carbonyl (C=O) groups is 3. The van der Waals surface area contributed by atoms with Gasteiger partial charge in [-0.1, -0.05) is 6.07 Å². The predicted molar refractivity (Wildman–Crippen MR) is 103 cm³/mol. The molecule has 1 amide bonds. The lowest BCUT2D eigenvalue weighted by molar-refractivity contribution is -0.139. The van der Waals surface area contributed by atoms with Crippen LogP contribution in [0, 0.1) is 0 Å². The number of nitrogens with one attached hydrogen (secondary N) is 2. The van der Waals surface area contributed by atoms with Gasteiger partial charge in [-0.25, -0.2) is 4.79 Å². The number of carboxylic acids is 1. The normalized spacial score (nSPS) is 13.9. The molecule has 146 valence electrons. The van der Waals surface area contributed by atoms with Crippen LogP contribution in [0.15, 0.2) is 42.5 Å². The van der Waals surface area contributed by atoms with Gasteiger partial charge in [-0.3, -0.25) is 9.59 Å². The lowest BCUT2D eigenvalue weighted by Gasteiger charge is -2.18. The highest BCUT2D eigenvalue weighted by molar-refractivity contribution is 6.04. The van der Waals surface area contributed by atoms with Crippen LogP contribution in [0.3, 0.4) is 0 Å². The van der Waals surface area contributed by atoms with Crippen LogP contribution in [-0.2, 0) is 17.8 Å². The number of hydrogen-bond acceptors (Lipinski definition) is 5. The van der Waals surface area contributed by atoms with Gasteiger partial charge in [0.05, 0.1) is 6.04 Å². The summed E-state index contributed by atoms with van der Waals surface area (Å²) in [6, 6.07) is 11.1. The van der Waals surface area contributed by atoms with E-state index in [4.69, 9.17) is 9.84 Å². The number of rotatable bonds is 7. The standard InChI is InChI=1S/C21H22N2O5/c1-13(20(26)14-4-6-18(7-5-14)28-12-19(24)25)23-21(27)16-2-3-17-11-22-9-8-15(17)10-16/h2-7,10,13,22H,8-9,11-12H2,1H3,(H,23,27)(H,24,25)/t13-/m0/s1. The molecule has 0 radical (unpaired) electrons. The molecule has 1 heterocycles. The number of amides is 1. The van der Waals surface area contributed by atoms with E-state index in [-0.39, 0.29) is 11.7 Å². The highest BCUT2D eigenvalue weighted by atomic mass is 16.5. The molecule has 0 saturated heterocycles. The Morgan fingerprint density at radius 1 is 1.11 bits per heavy atom.